The average Bonchev–Trinajstić information content (AvgIpc) is 2.45. The van der Waals surface area contributed by atoms with Gasteiger partial charge in [-0.1, -0.05) is 55.0 Å². The van der Waals surface area contributed by atoms with Gasteiger partial charge in [0.05, 0.1) is 4.90 Å². The van der Waals surface area contributed by atoms with Gasteiger partial charge in [-0.3, -0.25) is 0 Å². The van der Waals surface area contributed by atoms with Crippen LogP contribution in [0.2, 0.25) is 0 Å². The van der Waals surface area contributed by atoms with E-state index in [0.29, 0.717) is 18.0 Å². The van der Waals surface area contributed by atoms with Crippen LogP contribution in [0.3, 0.4) is 0 Å². The molecule has 0 N–H and O–H groups in total. The Balaban J connectivity index is 2.36. The molecule has 3 nitrogen and oxygen atoms in total. The normalized spacial score (nSPS) is 11.8. The number of nitrogens with zero attached hydrogens (tertiary/aromatic N) is 1. The molecule has 0 saturated heterocycles. The molecule has 0 aromatic heterocycles. The van der Waals surface area contributed by atoms with Gasteiger partial charge in [-0.2, -0.15) is 4.31 Å². The van der Waals surface area contributed by atoms with E-state index in [1.807, 2.05) is 63.2 Å². The van der Waals surface area contributed by atoms with E-state index in [2.05, 4.69) is 0 Å². The van der Waals surface area contributed by atoms with E-state index in [1.165, 1.54) is 4.31 Å². The van der Waals surface area contributed by atoms with Gasteiger partial charge in [0.25, 0.3) is 0 Å². The van der Waals surface area contributed by atoms with Gasteiger partial charge >= 0.3 is 0 Å². The van der Waals surface area contributed by atoms with Crippen molar-refractivity contribution >= 4 is 10.0 Å². The lowest BCUT2D eigenvalue weighted by atomic mass is 10.2. The van der Waals surface area contributed by atoms with Gasteiger partial charge in [-0.15, -0.1) is 0 Å². The topological polar surface area (TPSA) is 37.4 Å². The summed E-state index contributed by atoms with van der Waals surface area (Å²) in [6.07, 6.45) is 0. The molecule has 21 heavy (non-hydrogen) atoms. The second-order valence-electron chi connectivity index (χ2n) is 5.19. The largest absolute Gasteiger partial charge is 0.243 e. The second kappa shape index (κ2) is 6.41. The van der Waals surface area contributed by atoms with Crippen molar-refractivity contribution in [2.75, 3.05) is 6.54 Å². The van der Waals surface area contributed by atoms with E-state index in [0.717, 1.165) is 16.7 Å². The van der Waals surface area contributed by atoms with Crippen molar-refractivity contribution in [3.8, 4) is 0 Å². The molecule has 0 heterocycles. The molecule has 4 heteroatoms. The maximum absolute atomic E-state index is 12.8. The van der Waals surface area contributed by atoms with E-state index < -0.39 is 10.0 Å². The summed E-state index contributed by atoms with van der Waals surface area (Å²) in [5, 5.41) is 0. The van der Waals surface area contributed by atoms with Crippen LogP contribution in [0.1, 0.15) is 23.6 Å². The van der Waals surface area contributed by atoms with Crippen LogP contribution in [0.25, 0.3) is 0 Å². The third-order valence-corrected chi connectivity index (χ3v) is 5.58. The van der Waals surface area contributed by atoms with Gasteiger partial charge in [0.15, 0.2) is 0 Å². The summed E-state index contributed by atoms with van der Waals surface area (Å²) < 4.78 is 27.2. The fraction of sp³-hybridized carbons (Fsp3) is 0.294. The lowest BCUT2D eigenvalue weighted by Crippen LogP contribution is -2.31. The molecule has 112 valence electrons. The first-order valence-corrected chi connectivity index (χ1v) is 8.50. The Morgan fingerprint density at radius 2 is 1.67 bits per heavy atom. The number of hydrogen-bond donors (Lipinski definition) is 0. The zero-order valence-electron chi connectivity index (χ0n) is 12.7. The molecule has 0 unspecified atom stereocenters. The average molecular weight is 303 g/mol. The molecule has 0 atom stereocenters. The van der Waals surface area contributed by atoms with Crippen LogP contribution in [0.5, 0.6) is 0 Å². The molecule has 0 aliphatic carbocycles. The zero-order chi connectivity index (χ0) is 15.5. The third kappa shape index (κ3) is 3.52. The number of hydrogen-bond acceptors (Lipinski definition) is 2. The molecule has 0 spiro atoms. The third-order valence-electron chi connectivity index (χ3n) is 3.50. The molecule has 0 saturated carbocycles. The molecule has 0 fully saturated rings. The van der Waals surface area contributed by atoms with Crippen molar-refractivity contribution < 1.29 is 8.42 Å². The van der Waals surface area contributed by atoms with Crippen LogP contribution >= 0.6 is 0 Å². The fourth-order valence-electron chi connectivity index (χ4n) is 2.38. The predicted molar refractivity (Wildman–Crippen MR) is 85.6 cm³/mol. The van der Waals surface area contributed by atoms with Gasteiger partial charge in [0.1, 0.15) is 0 Å². The number of rotatable bonds is 5. The smallest absolute Gasteiger partial charge is 0.207 e. The van der Waals surface area contributed by atoms with Crippen molar-refractivity contribution in [1.82, 2.24) is 4.31 Å². The first-order chi connectivity index (χ1) is 9.95. The maximum atomic E-state index is 12.8. The van der Waals surface area contributed by atoms with Gasteiger partial charge < -0.3 is 0 Å². The summed E-state index contributed by atoms with van der Waals surface area (Å²) in [4.78, 5) is 0.394. The van der Waals surface area contributed by atoms with Crippen molar-refractivity contribution in [2.24, 2.45) is 0 Å². The van der Waals surface area contributed by atoms with Crippen LogP contribution in [-0.4, -0.2) is 19.3 Å². The Morgan fingerprint density at radius 3 is 2.24 bits per heavy atom. The SMILES string of the molecule is CCN(Cc1ccccc1)S(=O)(=O)c1ccc(C)cc1C. The summed E-state index contributed by atoms with van der Waals surface area (Å²) in [7, 11) is -3.46. The lowest BCUT2D eigenvalue weighted by Gasteiger charge is -2.22. The molecular formula is C17H21NO2S. The van der Waals surface area contributed by atoms with E-state index >= 15 is 0 Å². The van der Waals surface area contributed by atoms with Crippen LogP contribution in [-0.2, 0) is 16.6 Å². The number of benzene rings is 2. The minimum absolute atomic E-state index is 0.394. The highest BCUT2D eigenvalue weighted by Crippen LogP contribution is 2.22. The zero-order valence-corrected chi connectivity index (χ0v) is 13.5. The Morgan fingerprint density at radius 1 is 1.00 bits per heavy atom. The highest BCUT2D eigenvalue weighted by molar-refractivity contribution is 7.89. The summed E-state index contributed by atoms with van der Waals surface area (Å²) in [6, 6.07) is 15.1. The predicted octanol–water partition coefficient (Wildman–Crippen LogP) is 3.51. The standard InChI is InChI=1S/C17H21NO2S/c1-4-18(13-16-8-6-5-7-9-16)21(19,20)17-11-10-14(2)12-15(17)3/h5-12H,4,13H2,1-3H3. The Kier molecular flexibility index (Phi) is 4.80. The molecule has 2 aromatic carbocycles. The Hall–Kier alpha value is -1.65. The second-order valence-corrected chi connectivity index (χ2v) is 7.09. The minimum atomic E-state index is -3.46. The van der Waals surface area contributed by atoms with Crippen molar-refractivity contribution in [1.29, 1.82) is 0 Å². The summed E-state index contributed by atoms with van der Waals surface area (Å²) >= 11 is 0. The van der Waals surface area contributed by atoms with Crippen molar-refractivity contribution in [3.05, 3.63) is 65.2 Å². The monoisotopic (exact) mass is 303 g/mol. The number of aryl methyl sites for hydroxylation is 2. The Bertz CT molecular complexity index is 709. The van der Waals surface area contributed by atoms with E-state index in [1.54, 1.807) is 6.07 Å². The van der Waals surface area contributed by atoms with Gasteiger partial charge in [-0.25, -0.2) is 8.42 Å². The molecule has 0 aliphatic rings. The highest BCUT2D eigenvalue weighted by Gasteiger charge is 2.24. The summed E-state index contributed by atoms with van der Waals surface area (Å²) in [5.74, 6) is 0. The number of sulfonamides is 1. The molecular weight excluding hydrogens is 282 g/mol. The van der Waals surface area contributed by atoms with Gasteiger partial charge in [0.2, 0.25) is 10.0 Å². The molecule has 0 bridgehead atoms. The molecule has 0 aliphatic heterocycles. The summed E-state index contributed by atoms with van der Waals surface area (Å²) in [5.41, 5.74) is 2.85. The first kappa shape index (κ1) is 15.7. The van der Waals surface area contributed by atoms with Crippen LogP contribution in [0.15, 0.2) is 53.4 Å². The maximum Gasteiger partial charge on any atom is 0.243 e. The van der Waals surface area contributed by atoms with Crippen molar-refractivity contribution in [2.45, 2.75) is 32.2 Å². The van der Waals surface area contributed by atoms with E-state index in [9.17, 15) is 8.42 Å². The summed E-state index contributed by atoms with van der Waals surface area (Å²) in [6.45, 7) is 6.52. The molecule has 2 aromatic rings. The fourth-order valence-corrected chi connectivity index (χ4v) is 4.02. The van der Waals surface area contributed by atoms with Crippen molar-refractivity contribution in [3.63, 3.8) is 0 Å². The van der Waals surface area contributed by atoms with Crippen LogP contribution < -0.4 is 0 Å². The Labute approximate surface area is 127 Å². The van der Waals surface area contributed by atoms with Crippen LogP contribution in [0.4, 0.5) is 0 Å². The highest BCUT2D eigenvalue weighted by atomic mass is 32.2. The molecule has 0 amide bonds. The minimum Gasteiger partial charge on any atom is -0.207 e. The molecule has 0 radical (unpaired) electrons. The quantitative estimate of drug-likeness (QED) is 0.847. The lowest BCUT2D eigenvalue weighted by molar-refractivity contribution is 0.423. The van der Waals surface area contributed by atoms with Gasteiger partial charge in [0, 0.05) is 13.1 Å². The van der Waals surface area contributed by atoms with Gasteiger partial charge in [-0.05, 0) is 31.0 Å². The first-order valence-electron chi connectivity index (χ1n) is 7.06. The van der Waals surface area contributed by atoms with Crippen LogP contribution in [0, 0.1) is 13.8 Å². The van der Waals surface area contributed by atoms with E-state index in [-0.39, 0.29) is 0 Å². The van der Waals surface area contributed by atoms with E-state index in [4.69, 9.17) is 0 Å². The molecule has 2 rings (SSSR count).